The van der Waals surface area contributed by atoms with Gasteiger partial charge in [0.25, 0.3) is 0 Å². The van der Waals surface area contributed by atoms with Crippen LogP contribution >= 0.6 is 0 Å². The SMILES string of the molecule is CC1(c2ncc(-c3ccc(F)c(F)c3)[nH]2)CCNC1. The monoisotopic (exact) mass is 263 g/mol. The largest absolute Gasteiger partial charge is 0.342 e. The Hall–Kier alpha value is -1.75. The van der Waals surface area contributed by atoms with Crippen LogP contribution in [0.2, 0.25) is 0 Å². The molecule has 1 saturated heterocycles. The highest BCUT2D eigenvalue weighted by Gasteiger charge is 2.33. The van der Waals surface area contributed by atoms with Crippen molar-refractivity contribution in [3.05, 3.63) is 41.9 Å². The van der Waals surface area contributed by atoms with Gasteiger partial charge in [0.2, 0.25) is 0 Å². The van der Waals surface area contributed by atoms with E-state index in [9.17, 15) is 8.78 Å². The molecule has 0 aliphatic carbocycles. The van der Waals surface area contributed by atoms with E-state index in [4.69, 9.17) is 0 Å². The zero-order valence-corrected chi connectivity index (χ0v) is 10.6. The third kappa shape index (κ3) is 2.14. The predicted molar refractivity (Wildman–Crippen MR) is 68.8 cm³/mol. The maximum Gasteiger partial charge on any atom is 0.159 e. The summed E-state index contributed by atoms with van der Waals surface area (Å²) >= 11 is 0. The Morgan fingerprint density at radius 1 is 1.26 bits per heavy atom. The lowest BCUT2D eigenvalue weighted by Crippen LogP contribution is -2.26. The molecule has 1 fully saturated rings. The molecule has 0 spiro atoms. The summed E-state index contributed by atoms with van der Waals surface area (Å²) in [5.41, 5.74) is 1.30. The Morgan fingerprint density at radius 3 is 2.79 bits per heavy atom. The van der Waals surface area contributed by atoms with Crippen molar-refractivity contribution in [3.63, 3.8) is 0 Å². The van der Waals surface area contributed by atoms with Crippen LogP contribution in [-0.2, 0) is 5.41 Å². The third-order valence-electron chi connectivity index (χ3n) is 3.75. The minimum absolute atomic E-state index is 0.0170. The molecule has 5 heteroatoms. The van der Waals surface area contributed by atoms with E-state index < -0.39 is 11.6 Å². The standard InChI is InChI=1S/C14H15F2N3/c1-14(4-5-17-8-14)13-18-7-12(19-13)9-2-3-10(15)11(16)6-9/h2-3,6-7,17H,4-5,8H2,1H3,(H,18,19). The number of benzene rings is 1. The first-order valence-electron chi connectivity index (χ1n) is 6.30. The van der Waals surface area contributed by atoms with Gasteiger partial charge in [0.15, 0.2) is 11.6 Å². The van der Waals surface area contributed by atoms with Gasteiger partial charge in [0, 0.05) is 17.5 Å². The molecule has 0 radical (unpaired) electrons. The first-order valence-corrected chi connectivity index (χ1v) is 6.30. The van der Waals surface area contributed by atoms with Gasteiger partial charge in [-0.05, 0) is 31.2 Å². The number of nitrogens with one attached hydrogen (secondary N) is 2. The summed E-state index contributed by atoms with van der Waals surface area (Å²) in [6.45, 7) is 3.98. The molecule has 2 heterocycles. The zero-order valence-electron chi connectivity index (χ0n) is 10.6. The van der Waals surface area contributed by atoms with Crippen LogP contribution in [0.15, 0.2) is 24.4 Å². The highest BCUT2D eigenvalue weighted by molar-refractivity contribution is 5.58. The number of aromatic amines is 1. The minimum atomic E-state index is -0.845. The fraction of sp³-hybridized carbons (Fsp3) is 0.357. The van der Waals surface area contributed by atoms with Crippen molar-refractivity contribution >= 4 is 0 Å². The average Bonchev–Trinajstić information content (AvgIpc) is 3.02. The fourth-order valence-corrected chi connectivity index (χ4v) is 2.46. The minimum Gasteiger partial charge on any atom is -0.342 e. The summed E-state index contributed by atoms with van der Waals surface area (Å²) in [6.07, 6.45) is 2.68. The van der Waals surface area contributed by atoms with E-state index in [0.717, 1.165) is 31.4 Å². The Kier molecular flexibility index (Phi) is 2.86. The summed E-state index contributed by atoms with van der Waals surface area (Å²) in [6, 6.07) is 3.86. The number of hydrogen-bond acceptors (Lipinski definition) is 2. The molecule has 1 aliphatic rings. The van der Waals surface area contributed by atoms with Crippen molar-refractivity contribution in [1.29, 1.82) is 0 Å². The number of H-pyrrole nitrogens is 1. The van der Waals surface area contributed by atoms with Crippen molar-refractivity contribution in [2.24, 2.45) is 0 Å². The molecular weight excluding hydrogens is 248 g/mol. The normalized spacial score (nSPS) is 22.9. The van der Waals surface area contributed by atoms with Crippen LogP contribution in [0.3, 0.4) is 0 Å². The number of imidazole rings is 1. The van der Waals surface area contributed by atoms with E-state index in [1.54, 1.807) is 12.3 Å². The smallest absolute Gasteiger partial charge is 0.159 e. The van der Waals surface area contributed by atoms with Crippen LogP contribution in [0.5, 0.6) is 0 Å². The van der Waals surface area contributed by atoms with Crippen LogP contribution < -0.4 is 5.32 Å². The molecule has 3 rings (SSSR count). The lowest BCUT2D eigenvalue weighted by Gasteiger charge is -2.19. The summed E-state index contributed by atoms with van der Waals surface area (Å²) < 4.78 is 26.1. The number of halogens is 2. The van der Waals surface area contributed by atoms with E-state index in [1.807, 2.05) is 0 Å². The Labute approximate surface area is 110 Å². The molecule has 0 saturated carbocycles. The molecule has 2 N–H and O–H groups in total. The van der Waals surface area contributed by atoms with Gasteiger partial charge < -0.3 is 10.3 Å². The van der Waals surface area contributed by atoms with Crippen molar-refractivity contribution in [1.82, 2.24) is 15.3 Å². The highest BCUT2D eigenvalue weighted by Crippen LogP contribution is 2.29. The van der Waals surface area contributed by atoms with Crippen LogP contribution in [-0.4, -0.2) is 23.1 Å². The molecule has 0 bridgehead atoms. The molecular formula is C14H15F2N3. The van der Waals surface area contributed by atoms with Crippen LogP contribution in [0, 0.1) is 11.6 Å². The molecule has 1 atom stereocenters. The molecule has 2 aromatic rings. The molecule has 0 amide bonds. The van der Waals surface area contributed by atoms with E-state index in [-0.39, 0.29) is 5.41 Å². The second-order valence-electron chi connectivity index (χ2n) is 5.26. The first-order chi connectivity index (χ1) is 9.08. The van der Waals surface area contributed by atoms with Crippen molar-refractivity contribution in [3.8, 4) is 11.3 Å². The molecule has 3 nitrogen and oxygen atoms in total. The summed E-state index contributed by atoms with van der Waals surface area (Å²) in [5, 5.41) is 3.31. The van der Waals surface area contributed by atoms with Gasteiger partial charge in [-0.1, -0.05) is 6.92 Å². The summed E-state index contributed by atoms with van der Waals surface area (Å²) in [4.78, 5) is 7.61. The van der Waals surface area contributed by atoms with Gasteiger partial charge in [0.1, 0.15) is 5.82 Å². The van der Waals surface area contributed by atoms with Gasteiger partial charge in [-0.3, -0.25) is 0 Å². The van der Waals surface area contributed by atoms with Gasteiger partial charge in [-0.15, -0.1) is 0 Å². The van der Waals surface area contributed by atoms with E-state index in [2.05, 4.69) is 22.2 Å². The van der Waals surface area contributed by atoms with Gasteiger partial charge in [-0.2, -0.15) is 0 Å². The van der Waals surface area contributed by atoms with E-state index >= 15 is 0 Å². The lowest BCUT2D eigenvalue weighted by molar-refractivity contribution is 0.494. The highest BCUT2D eigenvalue weighted by atomic mass is 19.2. The topological polar surface area (TPSA) is 40.7 Å². The first kappa shape index (κ1) is 12.3. The molecule has 1 aromatic heterocycles. The maximum absolute atomic E-state index is 13.2. The quantitative estimate of drug-likeness (QED) is 0.874. The average molecular weight is 263 g/mol. The second-order valence-corrected chi connectivity index (χ2v) is 5.26. The number of nitrogens with zero attached hydrogens (tertiary/aromatic N) is 1. The summed E-state index contributed by atoms with van der Waals surface area (Å²) in [7, 11) is 0. The van der Waals surface area contributed by atoms with Crippen LogP contribution in [0.25, 0.3) is 11.3 Å². The molecule has 19 heavy (non-hydrogen) atoms. The van der Waals surface area contributed by atoms with Crippen molar-refractivity contribution in [2.45, 2.75) is 18.8 Å². The van der Waals surface area contributed by atoms with Gasteiger partial charge >= 0.3 is 0 Å². The van der Waals surface area contributed by atoms with E-state index in [0.29, 0.717) is 11.3 Å². The van der Waals surface area contributed by atoms with Gasteiger partial charge in [0.05, 0.1) is 11.9 Å². The predicted octanol–water partition coefficient (Wildman–Crippen LogP) is 2.61. The Bertz CT molecular complexity index is 600. The number of aromatic nitrogens is 2. The zero-order chi connectivity index (χ0) is 13.5. The second kappa shape index (κ2) is 4.42. The molecule has 1 aliphatic heterocycles. The third-order valence-corrected chi connectivity index (χ3v) is 3.75. The molecule has 1 unspecified atom stereocenters. The number of rotatable bonds is 2. The van der Waals surface area contributed by atoms with Gasteiger partial charge in [-0.25, -0.2) is 13.8 Å². The van der Waals surface area contributed by atoms with Crippen molar-refractivity contribution in [2.75, 3.05) is 13.1 Å². The van der Waals surface area contributed by atoms with Crippen molar-refractivity contribution < 1.29 is 8.78 Å². The Morgan fingerprint density at radius 2 is 2.11 bits per heavy atom. The van der Waals surface area contributed by atoms with E-state index in [1.165, 1.54) is 6.07 Å². The lowest BCUT2D eigenvalue weighted by atomic mass is 9.89. The summed E-state index contributed by atoms with van der Waals surface area (Å²) in [5.74, 6) is -0.796. The fourth-order valence-electron chi connectivity index (χ4n) is 2.46. The van der Waals surface area contributed by atoms with Crippen LogP contribution in [0.4, 0.5) is 8.78 Å². The van der Waals surface area contributed by atoms with Crippen LogP contribution in [0.1, 0.15) is 19.2 Å². The maximum atomic E-state index is 13.2. The molecule has 1 aromatic carbocycles. The number of hydrogen-bond donors (Lipinski definition) is 2. The Balaban J connectivity index is 1.94. The molecule has 100 valence electrons.